The molecule has 0 saturated carbocycles. The van der Waals surface area contributed by atoms with Crippen LogP contribution < -0.4 is 0 Å². The molecule has 0 N–H and O–H groups in total. The third-order valence-electron chi connectivity index (χ3n) is 5.48. The van der Waals surface area contributed by atoms with E-state index in [0.29, 0.717) is 18.0 Å². The molecule has 124 valence electrons. The van der Waals surface area contributed by atoms with Crippen LogP contribution in [0.5, 0.6) is 0 Å². The summed E-state index contributed by atoms with van der Waals surface area (Å²) in [4.78, 5) is 33.4. The predicted molar refractivity (Wildman–Crippen MR) is 88.0 cm³/mol. The molecule has 2 aliphatic rings. The monoisotopic (exact) mass is 315 g/mol. The van der Waals surface area contributed by atoms with Crippen molar-refractivity contribution in [3.8, 4) is 0 Å². The molecule has 1 atom stereocenters. The summed E-state index contributed by atoms with van der Waals surface area (Å²) >= 11 is 0. The SMILES string of the molecule is CCN1CCC2(CCCN(C(=O)c3cnccc3C)CC2)C1=O. The van der Waals surface area contributed by atoms with Crippen molar-refractivity contribution in [3.05, 3.63) is 29.6 Å². The van der Waals surface area contributed by atoms with Crippen molar-refractivity contribution < 1.29 is 9.59 Å². The van der Waals surface area contributed by atoms with E-state index in [1.807, 2.05) is 29.7 Å². The fourth-order valence-electron chi connectivity index (χ4n) is 3.91. The summed E-state index contributed by atoms with van der Waals surface area (Å²) in [6.07, 6.45) is 6.88. The molecule has 2 aliphatic heterocycles. The van der Waals surface area contributed by atoms with Crippen molar-refractivity contribution in [1.82, 2.24) is 14.8 Å². The maximum atomic E-state index is 12.8. The number of carbonyl (C=O) groups excluding carboxylic acids is 2. The highest BCUT2D eigenvalue weighted by atomic mass is 16.2. The highest BCUT2D eigenvalue weighted by Crippen LogP contribution is 2.41. The third-order valence-corrected chi connectivity index (χ3v) is 5.48. The van der Waals surface area contributed by atoms with Crippen LogP contribution in [-0.2, 0) is 4.79 Å². The first kappa shape index (κ1) is 16.0. The second-order valence-electron chi connectivity index (χ2n) is 6.75. The van der Waals surface area contributed by atoms with Gasteiger partial charge >= 0.3 is 0 Å². The Morgan fingerprint density at radius 3 is 2.74 bits per heavy atom. The normalized spacial score (nSPS) is 25.0. The Labute approximate surface area is 137 Å². The van der Waals surface area contributed by atoms with Crippen molar-refractivity contribution in [1.29, 1.82) is 0 Å². The molecule has 5 nitrogen and oxygen atoms in total. The Balaban J connectivity index is 1.73. The van der Waals surface area contributed by atoms with Crippen molar-refractivity contribution in [2.45, 2.75) is 39.5 Å². The summed E-state index contributed by atoms with van der Waals surface area (Å²) in [5, 5.41) is 0. The zero-order valence-corrected chi connectivity index (χ0v) is 14.0. The van der Waals surface area contributed by atoms with E-state index in [2.05, 4.69) is 4.98 Å². The Morgan fingerprint density at radius 1 is 1.26 bits per heavy atom. The van der Waals surface area contributed by atoms with Gasteiger partial charge in [0.05, 0.1) is 11.0 Å². The number of rotatable bonds is 2. The molecular formula is C18H25N3O2. The van der Waals surface area contributed by atoms with Gasteiger partial charge < -0.3 is 9.80 Å². The number of aryl methyl sites for hydroxylation is 1. The number of carbonyl (C=O) groups is 2. The minimum atomic E-state index is -0.227. The van der Waals surface area contributed by atoms with Crippen LogP contribution in [0, 0.1) is 12.3 Å². The van der Waals surface area contributed by atoms with E-state index >= 15 is 0 Å². The number of amides is 2. The quantitative estimate of drug-likeness (QED) is 0.841. The fourth-order valence-corrected chi connectivity index (χ4v) is 3.91. The third kappa shape index (κ3) is 2.84. The average molecular weight is 315 g/mol. The Morgan fingerprint density at radius 2 is 2.04 bits per heavy atom. The van der Waals surface area contributed by atoms with Crippen LogP contribution in [0.15, 0.2) is 18.5 Å². The van der Waals surface area contributed by atoms with Gasteiger partial charge in [-0.3, -0.25) is 14.6 Å². The fraction of sp³-hybridized carbons (Fsp3) is 0.611. The Bertz CT molecular complexity index is 616. The molecule has 0 radical (unpaired) electrons. The number of pyridine rings is 1. The van der Waals surface area contributed by atoms with Crippen LogP contribution >= 0.6 is 0 Å². The van der Waals surface area contributed by atoms with Gasteiger partial charge in [0.15, 0.2) is 0 Å². The summed E-state index contributed by atoms with van der Waals surface area (Å²) in [5.74, 6) is 0.345. The molecule has 23 heavy (non-hydrogen) atoms. The summed E-state index contributed by atoms with van der Waals surface area (Å²) in [6, 6.07) is 1.87. The lowest BCUT2D eigenvalue weighted by Gasteiger charge is -2.26. The molecule has 2 fully saturated rings. The van der Waals surface area contributed by atoms with Crippen LogP contribution in [0.2, 0.25) is 0 Å². The van der Waals surface area contributed by atoms with Crippen LogP contribution in [0.1, 0.15) is 48.5 Å². The highest BCUT2D eigenvalue weighted by Gasteiger charge is 2.46. The molecule has 1 aromatic heterocycles. The van der Waals surface area contributed by atoms with E-state index in [1.54, 1.807) is 12.4 Å². The molecule has 0 bridgehead atoms. The molecule has 0 aromatic carbocycles. The van der Waals surface area contributed by atoms with Crippen LogP contribution in [-0.4, -0.2) is 52.8 Å². The standard InChI is InChI=1S/C18H25N3O2/c1-3-20-11-7-18(17(20)23)6-4-10-21(12-8-18)16(22)15-13-19-9-5-14(15)2/h5,9,13H,3-4,6-8,10-12H2,1-2H3. The second kappa shape index (κ2) is 6.30. The molecular weight excluding hydrogens is 290 g/mol. The first-order chi connectivity index (χ1) is 11.1. The van der Waals surface area contributed by atoms with Crippen LogP contribution in [0.25, 0.3) is 0 Å². The van der Waals surface area contributed by atoms with E-state index in [-0.39, 0.29) is 11.3 Å². The van der Waals surface area contributed by atoms with Gasteiger partial charge in [0.2, 0.25) is 5.91 Å². The van der Waals surface area contributed by atoms with Crippen molar-refractivity contribution >= 4 is 11.8 Å². The zero-order chi connectivity index (χ0) is 16.4. The maximum absolute atomic E-state index is 12.8. The average Bonchev–Trinajstić information content (AvgIpc) is 2.73. The first-order valence-electron chi connectivity index (χ1n) is 8.57. The molecule has 2 amide bonds. The lowest BCUT2D eigenvalue weighted by Crippen LogP contribution is -2.36. The molecule has 2 saturated heterocycles. The first-order valence-corrected chi connectivity index (χ1v) is 8.57. The molecule has 0 aliphatic carbocycles. The largest absolute Gasteiger partial charge is 0.342 e. The number of hydrogen-bond acceptors (Lipinski definition) is 3. The number of aromatic nitrogens is 1. The minimum absolute atomic E-state index is 0.0467. The van der Waals surface area contributed by atoms with Gasteiger partial charge in [-0.2, -0.15) is 0 Å². The zero-order valence-electron chi connectivity index (χ0n) is 14.0. The molecule has 1 unspecified atom stereocenters. The molecule has 1 aromatic rings. The number of hydrogen-bond donors (Lipinski definition) is 0. The van der Waals surface area contributed by atoms with E-state index in [4.69, 9.17) is 0 Å². The highest BCUT2D eigenvalue weighted by molar-refractivity contribution is 5.95. The van der Waals surface area contributed by atoms with Gasteiger partial charge in [-0.15, -0.1) is 0 Å². The van der Waals surface area contributed by atoms with E-state index in [1.165, 1.54) is 0 Å². The number of likely N-dealkylation sites (tertiary alicyclic amines) is 2. The maximum Gasteiger partial charge on any atom is 0.255 e. The van der Waals surface area contributed by atoms with Gasteiger partial charge in [-0.1, -0.05) is 0 Å². The van der Waals surface area contributed by atoms with Crippen molar-refractivity contribution in [3.63, 3.8) is 0 Å². The number of nitrogens with zero attached hydrogens (tertiary/aromatic N) is 3. The van der Waals surface area contributed by atoms with E-state index in [0.717, 1.165) is 50.9 Å². The minimum Gasteiger partial charge on any atom is -0.342 e. The second-order valence-corrected chi connectivity index (χ2v) is 6.75. The summed E-state index contributed by atoms with van der Waals surface area (Å²) in [5.41, 5.74) is 1.41. The van der Waals surface area contributed by atoms with Gasteiger partial charge in [0.25, 0.3) is 5.91 Å². The molecule has 5 heteroatoms. The summed E-state index contributed by atoms with van der Waals surface area (Å²) < 4.78 is 0. The Hall–Kier alpha value is -1.91. The van der Waals surface area contributed by atoms with Crippen LogP contribution in [0.3, 0.4) is 0 Å². The lowest BCUT2D eigenvalue weighted by molar-refractivity contribution is -0.136. The topological polar surface area (TPSA) is 53.5 Å². The van der Waals surface area contributed by atoms with Gasteiger partial charge in [0.1, 0.15) is 0 Å². The molecule has 3 heterocycles. The summed E-state index contributed by atoms with van der Waals surface area (Å²) in [6.45, 7) is 7.02. The van der Waals surface area contributed by atoms with Gasteiger partial charge in [-0.25, -0.2) is 0 Å². The van der Waals surface area contributed by atoms with Crippen molar-refractivity contribution in [2.24, 2.45) is 5.41 Å². The predicted octanol–water partition coefficient (Wildman–Crippen LogP) is 2.25. The Kier molecular flexibility index (Phi) is 4.37. The lowest BCUT2D eigenvalue weighted by atomic mass is 9.79. The van der Waals surface area contributed by atoms with Crippen molar-refractivity contribution in [2.75, 3.05) is 26.2 Å². The smallest absolute Gasteiger partial charge is 0.255 e. The van der Waals surface area contributed by atoms with Gasteiger partial charge in [0, 0.05) is 38.6 Å². The van der Waals surface area contributed by atoms with Gasteiger partial charge in [-0.05, 0) is 51.2 Å². The molecule has 1 spiro atoms. The summed E-state index contributed by atoms with van der Waals surface area (Å²) in [7, 11) is 0. The van der Waals surface area contributed by atoms with Crippen LogP contribution in [0.4, 0.5) is 0 Å². The van der Waals surface area contributed by atoms with E-state index in [9.17, 15) is 9.59 Å². The van der Waals surface area contributed by atoms with E-state index < -0.39 is 0 Å². The molecule has 3 rings (SSSR count).